The van der Waals surface area contributed by atoms with Gasteiger partial charge in [-0.3, -0.25) is 14.4 Å². The summed E-state index contributed by atoms with van der Waals surface area (Å²) in [5, 5.41) is 20.5. The molecule has 0 spiro atoms. The number of hydrogen-bond donors (Lipinski definition) is 4. The van der Waals surface area contributed by atoms with Crippen molar-refractivity contribution in [3.63, 3.8) is 0 Å². The first kappa shape index (κ1) is 48.5. The number of hydrogen-bond acceptors (Lipinski definition) is 6. The van der Waals surface area contributed by atoms with Gasteiger partial charge >= 0.3 is 0 Å². The predicted molar refractivity (Wildman–Crippen MR) is 283 cm³/mol. The summed E-state index contributed by atoms with van der Waals surface area (Å²) in [7, 11) is 6.38. The van der Waals surface area contributed by atoms with Gasteiger partial charge in [0.05, 0.1) is 0 Å². The minimum atomic E-state index is -2.08. The molecule has 0 atom stereocenters. The highest BCUT2D eigenvalue weighted by molar-refractivity contribution is 6.98. The summed E-state index contributed by atoms with van der Waals surface area (Å²) in [5.74, 6) is -0.247. The Hall–Kier alpha value is -6.46. The van der Waals surface area contributed by atoms with Gasteiger partial charge in [0.25, 0.3) is 0 Å². The van der Waals surface area contributed by atoms with E-state index >= 15 is 0 Å². The molecule has 2 aliphatic rings. The Morgan fingerprint density at radius 3 is 1.76 bits per heavy atom. The van der Waals surface area contributed by atoms with Gasteiger partial charge in [-0.15, -0.1) is 0 Å². The van der Waals surface area contributed by atoms with Crippen LogP contribution in [0.25, 0.3) is 38.2 Å². The van der Waals surface area contributed by atoms with E-state index in [2.05, 4.69) is 170 Å². The van der Waals surface area contributed by atoms with Crippen molar-refractivity contribution in [2.45, 2.75) is 59.8 Å². The van der Waals surface area contributed by atoms with Gasteiger partial charge in [0, 0.05) is 74.8 Å². The van der Waals surface area contributed by atoms with Crippen LogP contribution in [0.4, 0.5) is 5.69 Å². The highest BCUT2D eigenvalue weighted by Crippen LogP contribution is 2.43. The van der Waals surface area contributed by atoms with Crippen molar-refractivity contribution in [1.82, 2.24) is 21.3 Å². The lowest BCUT2D eigenvalue weighted by Crippen LogP contribution is -2.49. The number of nitrogens with zero attached hydrogens (tertiary/aromatic N) is 2. The second-order valence-electron chi connectivity index (χ2n) is 19.0. The van der Waals surface area contributed by atoms with Gasteiger partial charge in [0.1, 0.15) is 22.2 Å². The minimum absolute atomic E-state index is 0.0164. The third-order valence-electron chi connectivity index (χ3n) is 13.2. The van der Waals surface area contributed by atoms with E-state index in [0.717, 1.165) is 56.6 Å². The molecule has 0 radical (unpaired) electrons. The van der Waals surface area contributed by atoms with Crippen LogP contribution < -0.4 is 31.4 Å². The number of carbonyl (C=O) groups excluding carboxylic acids is 3. The first-order valence-electron chi connectivity index (χ1n) is 23.4. The number of fused-ring (bicyclic) bond motifs is 4. The summed E-state index contributed by atoms with van der Waals surface area (Å²) in [6.07, 6.45) is 8.52. The molecule has 0 saturated carbocycles. The molecule has 9 nitrogen and oxygen atoms in total. The van der Waals surface area contributed by atoms with Gasteiger partial charge in [0.2, 0.25) is 11.8 Å². The molecule has 1 aliphatic carbocycles. The predicted octanol–water partition coefficient (Wildman–Crippen LogP) is 8.75. The lowest BCUT2D eigenvalue weighted by atomic mass is 9.87. The topological polar surface area (TPSA) is 106 Å². The normalized spacial score (nSPS) is 13.8. The fraction of sp³-hybridized carbons (Fsp3) is 0.298. The first-order chi connectivity index (χ1) is 32.0. The van der Waals surface area contributed by atoms with Gasteiger partial charge in [-0.1, -0.05) is 80.8 Å². The second-order valence-corrected chi connectivity index (χ2v) is 23.3. The maximum absolute atomic E-state index is 12.9. The molecule has 0 aromatic heterocycles. The molecular formula is C57H67N6O3Si+. The van der Waals surface area contributed by atoms with Crippen LogP contribution in [0.1, 0.15) is 66.2 Å². The van der Waals surface area contributed by atoms with Crippen LogP contribution in [-0.2, 0) is 22.7 Å². The van der Waals surface area contributed by atoms with Gasteiger partial charge in [-0.25, -0.2) is 4.58 Å². The number of amides is 2. The van der Waals surface area contributed by atoms with Crippen molar-refractivity contribution in [1.29, 1.82) is 0 Å². The summed E-state index contributed by atoms with van der Waals surface area (Å²) >= 11 is 0. The Balaban J connectivity index is 1.30. The van der Waals surface area contributed by atoms with E-state index in [4.69, 9.17) is 0 Å². The van der Waals surface area contributed by atoms with Crippen LogP contribution in [0.3, 0.4) is 0 Å². The molecule has 0 bridgehead atoms. The smallest absolute Gasteiger partial charge is 0.246 e. The molecule has 5 aromatic carbocycles. The zero-order chi connectivity index (χ0) is 48.2. The summed E-state index contributed by atoms with van der Waals surface area (Å²) in [6.45, 7) is 21.2. The van der Waals surface area contributed by atoms with Crippen LogP contribution in [0.15, 0.2) is 132 Å². The zero-order valence-corrected chi connectivity index (χ0v) is 41.9. The lowest BCUT2D eigenvalue weighted by Gasteiger charge is -2.38. The van der Waals surface area contributed by atoms with Gasteiger partial charge in [-0.2, -0.15) is 0 Å². The average molecular weight is 912 g/mol. The summed E-state index contributed by atoms with van der Waals surface area (Å²) in [6, 6.07) is 28.9. The molecular weight excluding hydrogens is 845 g/mol. The van der Waals surface area contributed by atoms with E-state index in [9.17, 15) is 14.4 Å². The van der Waals surface area contributed by atoms with Crippen LogP contribution in [0.2, 0.25) is 13.1 Å². The Morgan fingerprint density at radius 1 is 0.642 bits per heavy atom. The number of anilines is 1. The number of benzene rings is 5. The van der Waals surface area contributed by atoms with Crippen molar-refractivity contribution in [3.05, 3.63) is 160 Å². The van der Waals surface area contributed by atoms with E-state index in [1.165, 1.54) is 44.1 Å². The van der Waals surface area contributed by atoms with Crippen molar-refractivity contribution in [3.8, 4) is 11.1 Å². The van der Waals surface area contributed by atoms with Crippen molar-refractivity contribution in [2.24, 2.45) is 0 Å². The highest BCUT2D eigenvalue weighted by Gasteiger charge is 2.40. The lowest BCUT2D eigenvalue weighted by molar-refractivity contribution is -0.462. The monoisotopic (exact) mass is 912 g/mol. The molecule has 10 heteroatoms. The van der Waals surface area contributed by atoms with E-state index < -0.39 is 8.07 Å². The molecule has 0 saturated heterocycles. The number of carbonyl (C=O) groups is 3. The van der Waals surface area contributed by atoms with Crippen LogP contribution in [-0.4, -0.2) is 90.3 Å². The van der Waals surface area contributed by atoms with Gasteiger partial charge in [0.15, 0.2) is 11.5 Å². The number of ketones is 1. The molecule has 0 unspecified atom stereocenters. The standard InChI is InChI=1S/C57H66N6O3Si/c1-36(2)56(65)60-28-12-26-58-34-51-45-22-18-41(38(5)64)30-49(45)52(35-59-27-13-29-61-57(66)37(3)4)50-31-42(19-23-46(50)51)39-14-16-40(17-15-39)55-47-24-20-43(62(6)7)32-53(47)67(10,11)54-33-44(63(8)9)21-25-48(54)55/h14-25,30-33,58-59H,1,3,12-13,26-29,34-35H2,2,4-11H3,(H-,60,61,65,66)/p+1. The summed E-state index contributed by atoms with van der Waals surface area (Å²) in [4.78, 5) is 39.3. The molecule has 1 heterocycles. The molecule has 67 heavy (non-hydrogen) atoms. The fourth-order valence-corrected chi connectivity index (χ4v) is 12.3. The second kappa shape index (κ2) is 20.6. The molecule has 0 fully saturated rings. The maximum Gasteiger partial charge on any atom is 0.246 e. The van der Waals surface area contributed by atoms with Crippen molar-refractivity contribution >= 4 is 69.4 Å². The van der Waals surface area contributed by atoms with E-state index in [-0.39, 0.29) is 17.6 Å². The molecule has 1 aliphatic heterocycles. The van der Waals surface area contributed by atoms with Crippen molar-refractivity contribution < 1.29 is 19.0 Å². The van der Waals surface area contributed by atoms with E-state index in [1.54, 1.807) is 20.8 Å². The summed E-state index contributed by atoms with van der Waals surface area (Å²) in [5.41, 5.74) is 13.7. The van der Waals surface area contributed by atoms with Gasteiger partial charge in [-0.05, 0) is 153 Å². The molecule has 4 N–H and O–H groups in total. The van der Waals surface area contributed by atoms with E-state index in [0.29, 0.717) is 56.0 Å². The number of nitrogens with one attached hydrogen (secondary N) is 4. The van der Waals surface area contributed by atoms with Gasteiger partial charge < -0.3 is 26.2 Å². The molecule has 2 amide bonds. The SMILES string of the molecule is C=C(C)C(=O)NCCCNCc1c2ccc(C(C)=O)cc2c(CNCCCNC(=O)C(=C)C)c2cc(-c3ccc(C4=C5C=CC(=[N+](C)C)C=C5[Si](C)(C)c5cc(N(C)C)ccc54)cc3)ccc12. The van der Waals surface area contributed by atoms with Crippen molar-refractivity contribution in [2.75, 3.05) is 59.3 Å². The Bertz CT molecular complexity index is 2950. The zero-order valence-electron chi connectivity index (χ0n) is 40.9. The minimum Gasteiger partial charge on any atom is -0.378 e. The fourth-order valence-electron chi connectivity index (χ4n) is 9.26. The first-order valence-corrected chi connectivity index (χ1v) is 26.4. The van der Waals surface area contributed by atoms with E-state index in [1.807, 2.05) is 12.1 Å². The third kappa shape index (κ3) is 10.4. The third-order valence-corrected chi connectivity index (χ3v) is 16.7. The Morgan fingerprint density at radius 2 is 1.19 bits per heavy atom. The van der Waals surface area contributed by atoms with Crippen LogP contribution in [0.5, 0.6) is 0 Å². The highest BCUT2D eigenvalue weighted by atomic mass is 28.3. The Labute approximate surface area is 398 Å². The number of Topliss-reactive ketones (excluding diaryl/α,β-unsaturated/α-hetero) is 1. The molecule has 7 rings (SSSR count). The number of allylic oxidation sites excluding steroid dienone is 5. The average Bonchev–Trinajstić information content (AvgIpc) is 3.30. The van der Waals surface area contributed by atoms with Crippen LogP contribution >= 0.6 is 0 Å². The summed E-state index contributed by atoms with van der Waals surface area (Å²) < 4.78 is 2.20. The molecule has 346 valence electrons. The quantitative estimate of drug-likeness (QED) is 0.0175. The number of rotatable bonds is 18. The van der Waals surface area contributed by atoms with Crippen LogP contribution in [0, 0.1) is 0 Å². The Kier molecular flexibility index (Phi) is 14.9. The largest absolute Gasteiger partial charge is 0.378 e. The molecule has 5 aromatic rings. The maximum atomic E-state index is 12.9.